The number of rotatable bonds is 4. The van der Waals surface area contributed by atoms with Gasteiger partial charge in [-0.2, -0.15) is 0 Å². The standard InChI is InChI=1S/C20H28N2O2/c1-16(23)22-14-8-11-18(22)19(24)21-15-20(12-6-3-7-13-20)17-9-4-2-5-10-17/h2,4-5,9-10,18H,3,6-8,11-15H2,1H3,(H,21,24)/t18-/m1/s1. The number of hydrogen-bond acceptors (Lipinski definition) is 2. The van der Waals surface area contributed by atoms with E-state index in [4.69, 9.17) is 0 Å². The lowest BCUT2D eigenvalue weighted by Crippen LogP contribution is -2.49. The molecule has 0 bridgehead atoms. The fourth-order valence-electron chi connectivity index (χ4n) is 4.38. The van der Waals surface area contributed by atoms with Gasteiger partial charge >= 0.3 is 0 Å². The van der Waals surface area contributed by atoms with E-state index < -0.39 is 0 Å². The van der Waals surface area contributed by atoms with E-state index in [0.29, 0.717) is 13.1 Å². The molecule has 0 spiro atoms. The average Bonchev–Trinajstić information content (AvgIpc) is 3.11. The van der Waals surface area contributed by atoms with Gasteiger partial charge in [-0.1, -0.05) is 49.6 Å². The second-order valence-corrected chi connectivity index (χ2v) is 7.30. The van der Waals surface area contributed by atoms with Crippen LogP contribution in [0.5, 0.6) is 0 Å². The van der Waals surface area contributed by atoms with Crippen LogP contribution in [0.4, 0.5) is 0 Å². The third kappa shape index (κ3) is 3.47. The third-order valence-electron chi connectivity index (χ3n) is 5.76. The lowest BCUT2D eigenvalue weighted by molar-refractivity contribution is -0.137. The Balaban J connectivity index is 1.70. The van der Waals surface area contributed by atoms with Crippen LogP contribution in [-0.4, -0.2) is 35.8 Å². The van der Waals surface area contributed by atoms with Crippen molar-refractivity contribution in [1.82, 2.24) is 10.2 Å². The van der Waals surface area contributed by atoms with Gasteiger partial charge in [-0.3, -0.25) is 9.59 Å². The molecule has 1 aromatic rings. The molecule has 1 saturated carbocycles. The number of hydrogen-bond donors (Lipinski definition) is 1. The zero-order valence-electron chi connectivity index (χ0n) is 14.6. The zero-order chi connectivity index (χ0) is 17.0. The van der Waals surface area contributed by atoms with Gasteiger partial charge in [0.2, 0.25) is 11.8 Å². The third-order valence-corrected chi connectivity index (χ3v) is 5.76. The summed E-state index contributed by atoms with van der Waals surface area (Å²) >= 11 is 0. The molecule has 1 N–H and O–H groups in total. The summed E-state index contributed by atoms with van der Waals surface area (Å²) in [6, 6.07) is 10.3. The van der Waals surface area contributed by atoms with E-state index in [1.807, 2.05) is 6.07 Å². The Morgan fingerprint density at radius 3 is 2.50 bits per heavy atom. The highest BCUT2D eigenvalue weighted by Gasteiger charge is 2.37. The molecule has 1 saturated heterocycles. The lowest BCUT2D eigenvalue weighted by Gasteiger charge is -2.38. The number of benzene rings is 1. The van der Waals surface area contributed by atoms with Crippen molar-refractivity contribution < 1.29 is 9.59 Å². The molecule has 24 heavy (non-hydrogen) atoms. The summed E-state index contributed by atoms with van der Waals surface area (Å²) < 4.78 is 0. The minimum atomic E-state index is -0.279. The van der Waals surface area contributed by atoms with Crippen LogP contribution >= 0.6 is 0 Å². The van der Waals surface area contributed by atoms with Gasteiger partial charge < -0.3 is 10.2 Å². The van der Waals surface area contributed by atoms with Crippen molar-refractivity contribution in [3.8, 4) is 0 Å². The van der Waals surface area contributed by atoms with E-state index in [9.17, 15) is 9.59 Å². The molecule has 1 heterocycles. The first-order valence-corrected chi connectivity index (χ1v) is 9.23. The van der Waals surface area contributed by atoms with E-state index >= 15 is 0 Å². The van der Waals surface area contributed by atoms with Crippen molar-refractivity contribution in [2.75, 3.05) is 13.1 Å². The molecule has 0 aromatic heterocycles. The van der Waals surface area contributed by atoms with Gasteiger partial charge in [-0.25, -0.2) is 0 Å². The van der Waals surface area contributed by atoms with Gasteiger partial charge in [0.05, 0.1) is 0 Å². The molecule has 4 heteroatoms. The topological polar surface area (TPSA) is 49.4 Å². The number of amides is 2. The molecule has 1 aliphatic carbocycles. The van der Waals surface area contributed by atoms with Crippen molar-refractivity contribution in [1.29, 1.82) is 0 Å². The Bertz CT molecular complexity index is 579. The number of carbonyl (C=O) groups is 2. The summed E-state index contributed by atoms with van der Waals surface area (Å²) in [7, 11) is 0. The largest absolute Gasteiger partial charge is 0.353 e. The van der Waals surface area contributed by atoms with Crippen LogP contribution in [0.2, 0.25) is 0 Å². The molecule has 0 unspecified atom stereocenters. The first kappa shape index (κ1) is 17.0. The molecule has 1 atom stereocenters. The Hall–Kier alpha value is -1.84. The summed E-state index contributed by atoms with van der Waals surface area (Å²) in [6.45, 7) is 2.94. The van der Waals surface area contributed by atoms with E-state index in [-0.39, 0.29) is 23.3 Å². The van der Waals surface area contributed by atoms with Crippen molar-refractivity contribution in [3.05, 3.63) is 35.9 Å². The van der Waals surface area contributed by atoms with Gasteiger partial charge in [0.25, 0.3) is 0 Å². The first-order valence-electron chi connectivity index (χ1n) is 9.23. The maximum absolute atomic E-state index is 12.7. The van der Waals surface area contributed by atoms with Crippen molar-refractivity contribution in [2.45, 2.75) is 63.3 Å². The van der Waals surface area contributed by atoms with Crippen molar-refractivity contribution in [3.63, 3.8) is 0 Å². The summed E-state index contributed by atoms with van der Waals surface area (Å²) in [5.74, 6) is 0.0201. The number of carbonyl (C=O) groups excluding carboxylic acids is 2. The minimum absolute atomic E-state index is 0.00286. The molecular formula is C20H28N2O2. The predicted octanol–water partition coefficient (Wildman–Crippen LogP) is 3.02. The second kappa shape index (κ2) is 7.37. The summed E-state index contributed by atoms with van der Waals surface area (Å²) in [4.78, 5) is 26.1. The maximum Gasteiger partial charge on any atom is 0.242 e. The summed E-state index contributed by atoms with van der Waals surface area (Å²) in [5, 5.41) is 3.19. The SMILES string of the molecule is CC(=O)N1CCC[C@@H]1C(=O)NCC1(c2ccccc2)CCCCC1. The number of likely N-dealkylation sites (tertiary alicyclic amines) is 1. The Morgan fingerprint density at radius 2 is 1.83 bits per heavy atom. The maximum atomic E-state index is 12.7. The molecule has 130 valence electrons. The highest BCUT2D eigenvalue weighted by molar-refractivity contribution is 5.87. The summed E-state index contributed by atoms with van der Waals surface area (Å²) in [6.07, 6.45) is 7.66. The van der Waals surface area contributed by atoms with Crippen molar-refractivity contribution in [2.24, 2.45) is 0 Å². The molecular weight excluding hydrogens is 300 g/mol. The number of nitrogens with zero attached hydrogens (tertiary/aromatic N) is 1. The van der Waals surface area contributed by atoms with Gasteiger partial charge in [-0.15, -0.1) is 0 Å². The zero-order valence-corrected chi connectivity index (χ0v) is 14.6. The van der Waals surface area contributed by atoms with E-state index in [1.165, 1.54) is 24.8 Å². The van der Waals surface area contributed by atoms with Gasteiger partial charge in [-0.05, 0) is 31.2 Å². The van der Waals surface area contributed by atoms with Crippen LogP contribution in [0.1, 0.15) is 57.4 Å². The van der Waals surface area contributed by atoms with Gasteiger partial charge in [0.15, 0.2) is 0 Å². The number of nitrogens with one attached hydrogen (secondary N) is 1. The fourth-order valence-corrected chi connectivity index (χ4v) is 4.38. The van der Waals surface area contributed by atoms with E-state index in [2.05, 4.69) is 29.6 Å². The molecule has 3 rings (SSSR count). The van der Waals surface area contributed by atoms with Crippen LogP contribution in [0.25, 0.3) is 0 Å². The minimum Gasteiger partial charge on any atom is -0.353 e. The normalized spacial score (nSPS) is 23.0. The quantitative estimate of drug-likeness (QED) is 0.923. The highest BCUT2D eigenvalue weighted by Crippen LogP contribution is 2.39. The summed E-state index contributed by atoms with van der Waals surface area (Å²) in [5.41, 5.74) is 1.38. The second-order valence-electron chi connectivity index (χ2n) is 7.30. The molecule has 4 nitrogen and oxygen atoms in total. The molecule has 0 radical (unpaired) electrons. The Kier molecular flexibility index (Phi) is 5.22. The Labute approximate surface area is 144 Å². The van der Waals surface area contributed by atoms with Crippen LogP contribution < -0.4 is 5.32 Å². The van der Waals surface area contributed by atoms with E-state index in [0.717, 1.165) is 25.7 Å². The lowest BCUT2D eigenvalue weighted by atomic mass is 9.69. The van der Waals surface area contributed by atoms with Gasteiger partial charge in [0, 0.05) is 25.4 Å². The molecule has 2 aliphatic rings. The van der Waals surface area contributed by atoms with Crippen LogP contribution in [0.15, 0.2) is 30.3 Å². The monoisotopic (exact) mass is 328 g/mol. The highest BCUT2D eigenvalue weighted by atomic mass is 16.2. The van der Waals surface area contributed by atoms with Crippen molar-refractivity contribution >= 4 is 11.8 Å². The molecule has 1 aliphatic heterocycles. The predicted molar refractivity (Wildman–Crippen MR) is 94.6 cm³/mol. The smallest absolute Gasteiger partial charge is 0.242 e. The molecule has 2 amide bonds. The van der Waals surface area contributed by atoms with Crippen LogP contribution in [-0.2, 0) is 15.0 Å². The van der Waals surface area contributed by atoms with Crippen LogP contribution in [0.3, 0.4) is 0 Å². The average molecular weight is 328 g/mol. The molecule has 2 fully saturated rings. The van der Waals surface area contributed by atoms with E-state index in [1.54, 1.807) is 11.8 Å². The van der Waals surface area contributed by atoms with Gasteiger partial charge in [0.1, 0.15) is 6.04 Å². The first-order chi connectivity index (χ1) is 11.6. The Morgan fingerprint density at radius 1 is 1.12 bits per heavy atom. The molecule has 1 aromatic carbocycles. The van der Waals surface area contributed by atoms with Crippen LogP contribution in [0, 0.1) is 0 Å². The fraction of sp³-hybridized carbons (Fsp3) is 0.600.